The molecule has 5 nitrogen and oxygen atoms in total. The zero-order valence-electron chi connectivity index (χ0n) is 21.1. The van der Waals surface area contributed by atoms with Gasteiger partial charge in [-0.1, -0.05) is 60.7 Å². The minimum atomic E-state index is -0.536. The lowest BCUT2D eigenvalue weighted by Crippen LogP contribution is -2.58. The third-order valence-electron chi connectivity index (χ3n) is 6.92. The molecule has 0 N–H and O–H groups in total. The molecule has 1 fully saturated rings. The van der Waals surface area contributed by atoms with Gasteiger partial charge in [-0.15, -0.1) is 0 Å². The topological polar surface area (TPSA) is 42.0 Å². The molecule has 0 aliphatic carbocycles. The number of hydrogen-bond acceptors (Lipinski definition) is 4. The number of likely N-dealkylation sites (tertiary alicyclic amines) is 1. The number of ether oxygens (including phenoxy) is 2. The molecule has 6 heteroatoms. The summed E-state index contributed by atoms with van der Waals surface area (Å²) in [5, 5.41) is 0. The number of carbonyl (C=O) groups is 1. The van der Waals surface area contributed by atoms with Gasteiger partial charge < -0.3 is 14.4 Å². The van der Waals surface area contributed by atoms with Crippen molar-refractivity contribution in [2.24, 2.45) is 0 Å². The van der Waals surface area contributed by atoms with Gasteiger partial charge >= 0.3 is 0 Å². The first-order valence-corrected chi connectivity index (χ1v) is 12.6. The Kier molecular flexibility index (Phi) is 9.09. The summed E-state index contributed by atoms with van der Waals surface area (Å²) in [6.07, 6.45) is 0.984. The monoisotopic (exact) mass is 490 g/mol. The first-order chi connectivity index (χ1) is 17.6. The first kappa shape index (κ1) is 25.9. The number of piperidine rings is 1. The summed E-state index contributed by atoms with van der Waals surface area (Å²) in [6.45, 7) is 4.67. The molecule has 0 unspecified atom stereocenters. The van der Waals surface area contributed by atoms with Crippen molar-refractivity contribution < 1.29 is 18.7 Å². The van der Waals surface area contributed by atoms with Crippen molar-refractivity contribution >= 4 is 5.91 Å². The number of nitrogens with zero attached hydrogens (tertiary/aromatic N) is 2. The maximum Gasteiger partial charge on any atom is 0.253 e. The van der Waals surface area contributed by atoms with Crippen LogP contribution in [0.15, 0.2) is 84.9 Å². The molecule has 1 saturated heterocycles. The van der Waals surface area contributed by atoms with E-state index in [2.05, 4.69) is 60.4 Å². The minimum Gasteiger partial charge on any atom is -0.494 e. The second-order valence-corrected chi connectivity index (χ2v) is 9.24. The fourth-order valence-corrected chi connectivity index (χ4v) is 4.95. The van der Waals surface area contributed by atoms with E-state index in [0.717, 1.165) is 13.0 Å². The van der Waals surface area contributed by atoms with E-state index in [1.54, 1.807) is 19.2 Å². The maximum atomic E-state index is 13.5. The molecule has 0 saturated carbocycles. The molecule has 1 aliphatic heterocycles. The smallest absolute Gasteiger partial charge is 0.253 e. The Bertz CT molecular complexity index is 1080. The molecule has 0 bridgehead atoms. The zero-order chi connectivity index (χ0) is 25.3. The van der Waals surface area contributed by atoms with Crippen molar-refractivity contribution in [2.45, 2.75) is 44.5 Å². The predicted molar refractivity (Wildman–Crippen MR) is 139 cm³/mol. The van der Waals surface area contributed by atoms with Gasteiger partial charge in [0.05, 0.1) is 6.61 Å². The number of hydrogen-bond donors (Lipinski definition) is 0. The molecule has 1 heterocycles. The molecule has 1 amide bonds. The van der Waals surface area contributed by atoms with Gasteiger partial charge in [0.1, 0.15) is 11.6 Å². The van der Waals surface area contributed by atoms with Gasteiger partial charge in [-0.25, -0.2) is 4.39 Å². The van der Waals surface area contributed by atoms with Crippen molar-refractivity contribution in [3.8, 4) is 5.75 Å². The fraction of sp³-hybridized carbons (Fsp3) is 0.367. The van der Waals surface area contributed by atoms with Gasteiger partial charge in [0.15, 0.2) is 6.10 Å². The van der Waals surface area contributed by atoms with Crippen LogP contribution < -0.4 is 4.74 Å². The Morgan fingerprint density at radius 3 is 2.33 bits per heavy atom. The Morgan fingerprint density at radius 1 is 1.00 bits per heavy atom. The summed E-state index contributed by atoms with van der Waals surface area (Å²) >= 11 is 0. The van der Waals surface area contributed by atoms with Gasteiger partial charge in [0.25, 0.3) is 5.91 Å². The maximum absolute atomic E-state index is 13.5. The molecule has 0 radical (unpaired) electrons. The van der Waals surface area contributed by atoms with Gasteiger partial charge in [-0.3, -0.25) is 9.69 Å². The summed E-state index contributed by atoms with van der Waals surface area (Å²) in [5.74, 6) is 0.362. The van der Waals surface area contributed by atoms with E-state index >= 15 is 0 Å². The van der Waals surface area contributed by atoms with Gasteiger partial charge in [-0.2, -0.15) is 0 Å². The quantitative estimate of drug-likeness (QED) is 0.334. The fourth-order valence-electron chi connectivity index (χ4n) is 4.95. The zero-order valence-corrected chi connectivity index (χ0v) is 21.1. The first-order valence-electron chi connectivity index (χ1n) is 12.6. The summed E-state index contributed by atoms with van der Waals surface area (Å²) in [6, 6.07) is 26.9. The van der Waals surface area contributed by atoms with Gasteiger partial charge in [-0.05, 0) is 55.2 Å². The van der Waals surface area contributed by atoms with Crippen LogP contribution in [-0.2, 0) is 16.1 Å². The molecule has 190 valence electrons. The number of carbonyl (C=O) groups excluding carboxylic acids is 1. The molecule has 3 atom stereocenters. The van der Waals surface area contributed by atoms with Crippen LogP contribution in [0.1, 0.15) is 36.9 Å². The van der Waals surface area contributed by atoms with Crippen molar-refractivity contribution in [3.63, 3.8) is 0 Å². The molecule has 0 spiro atoms. The summed E-state index contributed by atoms with van der Waals surface area (Å²) in [7, 11) is 1.63. The van der Waals surface area contributed by atoms with E-state index in [1.807, 2.05) is 17.0 Å². The lowest BCUT2D eigenvalue weighted by molar-refractivity contribution is -0.154. The highest BCUT2D eigenvalue weighted by molar-refractivity contribution is 5.82. The predicted octanol–water partition coefficient (Wildman–Crippen LogP) is 5.47. The highest BCUT2D eigenvalue weighted by Gasteiger charge is 2.41. The van der Waals surface area contributed by atoms with Crippen LogP contribution in [0.5, 0.6) is 5.75 Å². The van der Waals surface area contributed by atoms with E-state index in [1.165, 1.54) is 23.3 Å². The summed E-state index contributed by atoms with van der Waals surface area (Å²) in [5.41, 5.74) is 2.43. The number of amides is 1. The van der Waals surface area contributed by atoms with Gasteiger partial charge in [0.2, 0.25) is 0 Å². The molecule has 3 aromatic rings. The molecule has 4 rings (SSSR count). The molecule has 36 heavy (non-hydrogen) atoms. The number of benzene rings is 3. The Morgan fingerprint density at radius 2 is 1.67 bits per heavy atom. The summed E-state index contributed by atoms with van der Waals surface area (Å²) < 4.78 is 24.6. The van der Waals surface area contributed by atoms with Crippen LogP contribution in [0.25, 0.3) is 0 Å². The third kappa shape index (κ3) is 6.50. The van der Waals surface area contributed by atoms with Crippen molar-refractivity contribution in [1.29, 1.82) is 0 Å². The van der Waals surface area contributed by atoms with Crippen LogP contribution in [0.3, 0.4) is 0 Å². The van der Waals surface area contributed by atoms with E-state index in [0.29, 0.717) is 31.9 Å². The van der Waals surface area contributed by atoms with Crippen LogP contribution in [0, 0.1) is 5.82 Å². The molecule has 1 aliphatic rings. The average Bonchev–Trinajstić information content (AvgIpc) is 2.92. The average molecular weight is 491 g/mol. The van der Waals surface area contributed by atoms with Crippen molar-refractivity contribution in [2.75, 3.05) is 26.8 Å². The Labute approximate surface area is 213 Å². The highest BCUT2D eigenvalue weighted by Crippen LogP contribution is 2.31. The third-order valence-corrected chi connectivity index (χ3v) is 6.92. The molecular weight excluding hydrogens is 455 g/mol. The standard InChI is InChI=1S/C30H35FN2O3/c1-23(25-12-7-4-8-13-25)33(22-24-10-5-3-6-11-24)28-18-20-32(30(34)29(28)35-2)19-9-21-36-27-16-14-26(31)15-17-27/h3-8,10-17,23,28-29H,9,18-22H2,1-2H3/t23-,28-,29-/m1/s1. The summed E-state index contributed by atoms with van der Waals surface area (Å²) in [4.78, 5) is 17.8. The van der Waals surface area contributed by atoms with Crippen molar-refractivity contribution in [3.05, 3.63) is 102 Å². The highest BCUT2D eigenvalue weighted by atomic mass is 19.1. The van der Waals surface area contributed by atoms with Crippen LogP contribution in [0.2, 0.25) is 0 Å². The second-order valence-electron chi connectivity index (χ2n) is 9.24. The van der Waals surface area contributed by atoms with Crippen LogP contribution >= 0.6 is 0 Å². The van der Waals surface area contributed by atoms with E-state index in [9.17, 15) is 9.18 Å². The Balaban J connectivity index is 1.42. The number of halogens is 1. The molecule has 3 aromatic carbocycles. The lowest BCUT2D eigenvalue weighted by atomic mass is 9.94. The Hall–Kier alpha value is -3.22. The SMILES string of the molecule is CO[C@H]1C(=O)N(CCCOc2ccc(F)cc2)CC[C@H]1N(Cc1ccccc1)[C@H](C)c1ccccc1. The van der Waals surface area contributed by atoms with E-state index < -0.39 is 6.10 Å². The lowest BCUT2D eigenvalue weighted by Gasteiger charge is -2.45. The molecular formula is C30H35FN2O3. The van der Waals surface area contributed by atoms with E-state index in [4.69, 9.17) is 9.47 Å². The normalized spacial score (nSPS) is 18.9. The van der Waals surface area contributed by atoms with E-state index in [-0.39, 0.29) is 23.8 Å². The van der Waals surface area contributed by atoms with Gasteiger partial charge in [0, 0.05) is 38.8 Å². The van der Waals surface area contributed by atoms with Crippen molar-refractivity contribution in [1.82, 2.24) is 9.80 Å². The second kappa shape index (κ2) is 12.7. The van der Waals surface area contributed by atoms with Crippen LogP contribution in [0.4, 0.5) is 4.39 Å². The largest absolute Gasteiger partial charge is 0.494 e. The number of rotatable bonds is 11. The minimum absolute atomic E-state index is 0.0221. The van der Waals surface area contributed by atoms with Crippen LogP contribution in [-0.4, -0.2) is 54.7 Å². The molecule has 0 aromatic heterocycles. The number of methoxy groups -OCH3 is 1.